The summed E-state index contributed by atoms with van der Waals surface area (Å²) in [5.41, 5.74) is 4.72. The summed E-state index contributed by atoms with van der Waals surface area (Å²) in [7, 11) is 0. The van der Waals surface area contributed by atoms with Gasteiger partial charge in [0.2, 0.25) is 0 Å². The van der Waals surface area contributed by atoms with Crippen molar-refractivity contribution < 1.29 is 15.0 Å². The molecule has 0 fully saturated rings. The molecule has 0 radical (unpaired) electrons. The molecule has 0 aliphatic carbocycles. The van der Waals surface area contributed by atoms with E-state index in [2.05, 4.69) is 11.5 Å². The Kier molecular flexibility index (Phi) is 4.14. The zero-order chi connectivity index (χ0) is 14.9. The molecular formula is C16H21NO3. The fourth-order valence-electron chi connectivity index (χ4n) is 2.99. The van der Waals surface area contributed by atoms with Crippen molar-refractivity contribution in [2.45, 2.75) is 40.2 Å². The maximum Gasteiger partial charge on any atom is 0.335 e. The minimum absolute atomic E-state index is 0.0810. The molecule has 0 bridgehead atoms. The van der Waals surface area contributed by atoms with Crippen molar-refractivity contribution in [3.05, 3.63) is 34.5 Å². The number of aryl methyl sites for hydroxylation is 2. The smallest absolute Gasteiger partial charge is 0.335 e. The third-order valence-corrected chi connectivity index (χ3v) is 3.93. The Morgan fingerprint density at radius 2 is 1.95 bits per heavy atom. The molecule has 1 heterocycles. The Hall–Kier alpha value is -1.81. The second kappa shape index (κ2) is 5.67. The van der Waals surface area contributed by atoms with E-state index in [9.17, 15) is 15.0 Å². The summed E-state index contributed by atoms with van der Waals surface area (Å²) in [6, 6.07) is 3.51. The van der Waals surface area contributed by atoms with E-state index in [-0.39, 0.29) is 6.61 Å². The first kappa shape index (κ1) is 14.6. The van der Waals surface area contributed by atoms with Crippen LogP contribution in [0.25, 0.3) is 10.9 Å². The number of rotatable bonds is 5. The third-order valence-electron chi connectivity index (χ3n) is 3.93. The van der Waals surface area contributed by atoms with Gasteiger partial charge in [0.1, 0.15) is 0 Å². The van der Waals surface area contributed by atoms with E-state index >= 15 is 0 Å². The van der Waals surface area contributed by atoms with Crippen LogP contribution < -0.4 is 0 Å². The third kappa shape index (κ3) is 2.20. The Labute approximate surface area is 118 Å². The number of nitrogens with zero attached hydrogens (tertiary/aromatic N) is 1. The molecule has 0 amide bonds. The number of aromatic nitrogens is 1. The summed E-state index contributed by atoms with van der Waals surface area (Å²) in [6.07, 6.45) is 1.63. The predicted molar refractivity (Wildman–Crippen MR) is 79.5 cm³/mol. The lowest BCUT2D eigenvalue weighted by atomic mass is 10.0. The van der Waals surface area contributed by atoms with Gasteiger partial charge in [0.15, 0.2) is 0 Å². The molecule has 0 atom stereocenters. The molecule has 0 aliphatic rings. The molecule has 0 aliphatic heterocycles. The summed E-state index contributed by atoms with van der Waals surface area (Å²) in [4.78, 5) is 11.3. The van der Waals surface area contributed by atoms with Crippen molar-refractivity contribution in [1.82, 2.24) is 4.57 Å². The first-order valence-electron chi connectivity index (χ1n) is 7.03. The topological polar surface area (TPSA) is 62.5 Å². The number of hydrogen-bond acceptors (Lipinski definition) is 2. The molecule has 2 N–H and O–H groups in total. The highest BCUT2D eigenvalue weighted by atomic mass is 16.4. The maximum atomic E-state index is 11.3. The summed E-state index contributed by atoms with van der Waals surface area (Å²) in [5, 5.41) is 19.5. The molecule has 1 aromatic heterocycles. The number of carbonyl (C=O) groups is 1. The number of carboxylic acids is 1. The Balaban J connectivity index is 2.88. The van der Waals surface area contributed by atoms with Gasteiger partial charge in [-0.3, -0.25) is 0 Å². The molecule has 0 saturated heterocycles. The van der Waals surface area contributed by atoms with E-state index in [1.54, 1.807) is 12.1 Å². The molecule has 2 aromatic rings. The maximum absolute atomic E-state index is 11.3. The number of aromatic carboxylic acids is 1. The minimum Gasteiger partial charge on any atom is -0.478 e. The second-order valence-electron chi connectivity index (χ2n) is 4.98. The number of carboxylic acid groups (broad SMARTS) is 1. The molecule has 4 heteroatoms. The summed E-state index contributed by atoms with van der Waals surface area (Å²) in [5.74, 6) is -0.892. The van der Waals surface area contributed by atoms with E-state index < -0.39 is 5.97 Å². The fourth-order valence-corrected chi connectivity index (χ4v) is 2.99. The lowest BCUT2D eigenvalue weighted by molar-refractivity contribution is 0.0697. The molecule has 0 saturated carbocycles. The average molecular weight is 275 g/mol. The standard InChI is InChI=1S/C16H21NO3/c1-4-11-8-12(16(19)20)9-14-13(5-2)10(3)17(6-7-18)15(11)14/h8-9,18H,4-7H2,1-3H3,(H,19,20). The van der Waals surface area contributed by atoms with Gasteiger partial charge in [-0.15, -0.1) is 0 Å². The van der Waals surface area contributed by atoms with Crippen LogP contribution in [0.3, 0.4) is 0 Å². The number of aliphatic hydroxyl groups is 1. The number of benzene rings is 1. The van der Waals surface area contributed by atoms with Gasteiger partial charge >= 0.3 is 5.97 Å². The largest absolute Gasteiger partial charge is 0.478 e. The minimum atomic E-state index is -0.892. The zero-order valence-corrected chi connectivity index (χ0v) is 12.2. The van der Waals surface area contributed by atoms with Crippen LogP contribution in [-0.2, 0) is 19.4 Å². The van der Waals surface area contributed by atoms with Crippen molar-refractivity contribution in [3.8, 4) is 0 Å². The molecule has 20 heavy (non-hydrogen) atoms. The van der Waals surface area contributed by atoms with Crippen LogP contribution in [0.1, 0.15) is 41.0 Å². The summed E-state index contributed by atoms with van der Waals surface area (Å²) < 4.78 is 2.11. The number of fused-ring (bicyclic) bond motifs is 1. The summed E-state index contributed by atoms with van der Waals surface area (Å²) in [6.45, 7) is 6.76. The molecular weight excluding hydrogens is 254 g/mol. The highest BCUT2D eigenvalue weighted by Gasteiger charge is 2.18. The van der Waals surface area contributed by atoms with Crippen LogP contribution in [0, 0.1) is 6.92 Å². The first-order valence-corrected chi connectivity index (χ1v) is 7.03. The number of aliphatic hydroxyl groups excluding tert-OH is 1. The van der Waals surface area contributed by atoms with Gasteiger partial charge in [0.05, 0.1) is 17.7 Å². The Morgan fingerprint density at radius 1 is 1.25 bits per heavy atom. The Bertz CT molecular complexity index is 656. The van der Waals surface area contributed by atoms with E-state index in [1.807, 2.05) is 13.8 Å². The SMILES string of the molecule is CCc1c(C)n(CCO)c2c(CC)cc(C(=O)O)cc12. The van der Waals surface area contributed by atoms with Crippen molar-refractivity contribution in [1.29, 1.82) is 0 Å². The van der Waals surface area contributed by atoms with Crippen LogP contribution in [-0.4, -0.2) is 27.4 Å². The quantitative estimate of drug-likeness (QED) is 0.882. The van der Waals surface area contributed by atoms with Crippen molar-refractivity contribution in [2.24, 2.45) is 0 Å². The van der Waals surface area contributed by atoms with Crippen molar-refractivity contribution in [2.75, 3.05) is 6.61 Å². The van der Waals surface area contributed by atoms with Gasteiger partial charge in [-0.1, -0.05) is 13.8 Å². The summed E-state index contributed by atoms with van der Waals surface area (Å²) >= 11 is 0. The van der Waals surface area contributed by atoms with E-state index in [1.165, 1.54) is 5.56 Å². The average Bonchev–Trinajstić information content (AvgIpc) is 2.70. The van der Waals surface area contributed by atoms with Gasteiger partial charge in [-0.25, -0.2) is 4.79 Å². The van der Waals surface area contributed by atoms with Gasteiger partial charge in [-0.05, 0) is 43.0 Å². The lowest BCUT2D eigenvalue weighted by Gasteiger charge is -2.10. The van der Waals surface area contributed by atoms with E-state index in [4.69, 9.17) is 0 Å². The highest BCUT2D eigenvalue weighted by Crippen LogP contribution is 2.31. The van der Waals surface area contributed by atoms with Gasteiger partial charge < -0.3 is 14.8 Å². The van der Waals surface area contributed by atoms with Crippen molar-refractivity contribution in [3.63, 3.8) is 0 Å². The van der Waals surface area contributed by atoms with Crippen molar-refractivity contribution >= 4 is 16.9 Å². The van der Waals surface area contributed by atoms with E-state index in [0.717, 1.165) is 35.0 Å². The predicted octanol–water partition coefficient (Wildman–Crippen LogP) is 2.77. The molecule has 1 aromatic carbocycles. The van der Waals surface area contributed by atoms with Crippen LogP contribution in [0.4, 0.5) is 0 Å². The lowest BCUT2D eigenvalue weighted by Crippen LogP contribution is -2.06. The number of hydrogen-bond donors (Lipinski definition) is 2. The van der Waals surface area contributed by atoms with Crippen LogP contribution >= 0.6 is 0 Å². The molecule has 2 rings (SSSR count). The zero-order valence-electron chi connectivity index (χ0n) is 12.2. The van der Waals surface area contributed by atoms with Crippen LogP contribution in [0.5, 0.6) is 0 Å². The second-order valence-corrected chi connectivity index (χ2v) is 4.98. The fraction of sp³-hybridized carbons (Fsp3) is 0.438. The molecule has 108 valence electrons. The van der Waals surface area contributed by atoms with Gasteiger partial charge in [0.25, 0.3) is 0 Å². The van der Waals surface area contributed by atoms with E-state index in [0.29, 0.717) is 12.1 Å². The normalized spacial score (nSPS) is 11.2. The van der Waals surface area contributed by atoms with Gasteiger partial charge in [-0.2, -0.15) is 0 Å². The molecule has 0 unspecified atom stereocenters. The monoisotopic (exact) mass is 275 g/mol. The highest BCUT2D eigenvalue weighted by molar-refractivity contribution is 5.97. The Morgan fingerprint density at radius 3 is 2.45 bits per heavy atom. The molecule has 0 spiro atoms. The molecule has 4 nitrogen and oxygen atoms in total. The first-order chi connectivity index (χ1) is 9.54. The van der Waals surface area contributed by atoms with Crippen LogP contribution in [0.15, 0.2) is 12.1 Å². The van der Waals surface area contributed by atoms with Gasteiger partial charge in [0, 0.05) is 17.6 Å². The van der Waals surface area contributed by atoms with Crippen LogP contribution in [0.2, 0.25) is 0 Å².